The average molecular weight is 210 g/mol. The maximum atomic E-state index is 13.6. The molecule has 15 heavy (non-hydrogen) atoms. The van der Waals surface area contributed by atoms with Crippen LogP contribution in [0.5, 0.6) is 5.88 Å². The van der Waals surface area contributed by atoms with Gasteiger partial charge in [-0.1, -0.05) is 12.2 Å². The highest BCUT2D eigenvalue weighted by molar-refractivity contribution is 5.23. The normalized spacial score (nSPS) is 10.9. The average Bonchev–Trinajstić information content (AvgIpc) is 2.24. The molecule has 1 heterocycles. The van der Waals surface area contributed by atoms with E-state index in [-0.39, 0.29) is 5.88 Å². The highest BCUT2D eigenvalue weighted by atomic mass is 19.1. The van der Waals surface area contributed by atoms with Crippen molar-refractivity contribution in [3.05, 3.63) is 35.8 Å². The first kappa shape index (κ1) is 11.7. The van der Waals surface area contributed by atoms with E-state index in [4.69, 9.17) is 4.74 Å². The zero-order chi connectivity index (χ0) is 11.1. The van der Waals surface area contributed by atoms with E-state index in [0.717, 1.165) is 0 Å². The molecule has 1 aromatic heterocycles. The van der Waals surface area contributed by atoms with Crippen LogP contribution in [0.15, 0.2) is 24.4 Å². The highest BCUT2D eigenvalue weighted by Gasteiger charge is 2.09. The number of rotatable bonds is 5. The first-order valence-electron chi connectivity index (χ1n) is 4.81. The predicted molar refractivity (Wildman–Crippen MR) is 57.3 cm³/mol. The number of aromatic nitrogens is 1. The number of pyridine rings is 1. The molecule has 4 heteroatoms. The van der Waals surface area contributed by atoms with Crippen LogP contribution in [0, 0.1) is 5.82 Å². The van der Waals surface area contributed by atoms with Crippen LogP contribution in [0.25, 0.3) is 0 Å². The number of nitrogens with zero attached hydrogens (tertiary/aromatic N) is 1. The summed E-state index contributed by atoms with van der Waals surface area (Å²) in [5, 5.41) is 2.88. The van der Waals surface area contributed by atoms with Gasteiger partial charge in [0.2, 0.25) is 0 Å². The first-order chi connectivity index (χ1) is 7.29. The number of nitrogens with one attached hydrogen (secondary N) is 1. The Morgan fingerprint density at radius 2 is 2.40 bits per heavy atom. The van der Waals surface area contributed by atoms with Gasteiger partial charge in [0.1, 0.15) is 6.61 Å². The Kier molecular flexibility index (Phi) is 4.77. The molecule has 0 atom stereocenters. The summed E-state index contributed by atoms with van der Waals surface area (Å²) in [4.78, 5) is 3.83. The van der Waals surface area contributed by atoms with Gasteiger partial charge in [0.05, 0.1) is 0 Å². The summed E-state index contributed by atoms with van der Waals surface area (Å²) < 4.78 is 18.8. The molecular formula is C11H15FN2O. The molecule has 0 amide bonds. The van der Waals surface area contributed by atoms with E-state index in [0.29, 0.717) is 18.7 Å². The van der Waals surface area contributed by atoms with Gasteiger partial charge in [-0.3, -0.25) is 0 Å². The van der Waals surface area contributed by atoms with Crippen LogP contribution >= 0.6 is 0 Å². The molecule has 0 unspecified atom stereocenters. The van der Waals surface area contributed by atoms with Crippen LogP contribution < -0.4 is 10.1 Å². The summed E-state index contributed by atoms with van der Waals surface area (Å²) in [7, 11) is 1.76. The lowest BCUT2D eigenvalue weighted by Crippen LogP contribution is -2.09. The van der Waals surface area contributed by atoms with Gasteiger partial charge in [0.15, 0.2) is 5.82 Å². The van der Waals surface area contributed by atoms with Gasteiger partial charge in [-0.05, 0) is 20.0 Å². The van der Waals surface area contributed by atoms with Gasteiger partial charge in [-0.25, -0.2) is 9.37 Å². The molecule has 82 valence electrons. The molecule has 3 nitrogen and oxygen atoms in total. The SMILES string of the molecule is C/C=C/COc1nccc(CNC)c1F. The Bertz CT molecular complexity index is 339. The minimum Gasteiger partial charge on any atom is -0.471 e. The molecule has 1 N–H and O–H groups in total. The van der Waals surface area contributed by atoms with Crippen molar-refractivity contribution >= 4 is 0 Å². The summed E-state index contributed by atoms with van der Waals surface area (Å²) >= 11 is 0. The molecule has 0 saturated carbocycles. The third kappa shape index (κ3) is 3.32. The van der Waals surface area contributed by atoms with Crippen molar-refractivity contribution < 1.29 is 9.13 Å². The zero-order valence-corrected chi connectivity index (χ0v) is 8.96. The van der Waals surface area contributed by atoms with Crippen LogP contribution in [0.2, 0.25) is 0 Å². The van der Waals surface area contributed by atoms with Crippen LogP contribution in [0.4, 0.5) is 4.39 Å². The molecule has 0 bridgehead atoms. The van der Waals surface area contributed by atoms with E-state index >= 15 is 0 Å². The van der Waals surface area contributed by atoms with Crippen LogP contribution in [0.1, 0.15) is 12.5 Å². The number of halogens is 1. The van der Waals surface area contributed by atoms with Crippen molar-refractivity contribution in [2.45, 2.75) is 13.5 Å². The lowest BCUT2D eigenvalue weighted by atomic mass is 10.2. The molecule has 0 aliphatic carbocycles. The molecule has 0 aliphatic rings. The summed E-state index contributed by atoms with van der Waals surface area (Å²) in [6, 6.07) is 1.63. The molecular weight excluding hydrogens is 195 g/mol. The third-order valence-electron chi connectivity index (χ3n) is 1.86. The highest BCUT2D eigenvalue weighted by Crippen LogP contribution is 2.16. The van der Waals surface area contributed by atoms with E-state index in [1.165, 1.54) is 0 Å². The molecule has 1 rings (SSSR count). The fourth-order valence-corrected chi connectivity index (χ4v) is 1.11. The van der Waals surface area contributed by atoms with E-state index in [9.17, 15) is 4.39 Å². The Morgan fingerprint density at radius 1 is 1.60 bits per heavy atom. The van der Waals surface area contributed by atoms with E-state index in [1.54, 1.807) is 25.4 Å². The van der Waals surface area contributed by atoms with Crippen molar-refractivity contribution in [2.24, 2.45) is 0 Å². The number of hydrogen-bond acceptors (Lipinski definition) is 3. The Morgan fingerprint density at radius 3 is 3.07 bits per heavy atom. The van der Waals surface area contributed by atoms with Crippen molar-refractivity contribution in [1.29, 1.82) is 0 Å². The summed E-state index contributed by atoms with van der Waals surface area (Å²) in [6.45, 7) is 2.68. The fourth-order valence-electron chi connectivity index (χ4n) is 1.11. The van der Waals surface area contributed by atoms with Crippen LogP contribution in [-0.4, -0.2) is 18.6 Å². The minimum absolute atomic E-state index is 0.0563. The standard InChI is InChI=1S/C11H15FN2O/c1-3-4-7-15-11-10(12)9(8-13-2)5-6-14-11/h3-6,13H,7-8H2,1-2H3/b4-3+. The van der Waals surface area contributed by atoms with E-state index < -0.39 is 5.82 Å². The van der Waals surface area contributed by atoms with Gasteiger partial charge in [0, 0.05) is 18.3 Å². The molecule has 0 aromatic carbocycles. The minimum atomic E-state index is -0.392. The topological polar surface area (TPSA) is 34.1 Å². The van der Waals surface area contributed by atoms with Gasteiger partial charge in [-0.2, -0.15) is 0 Å². The van der Waals surface area contributed by atoms with Gasteiger partial charge in [-0.15, -0.1) is 0 Å². The summed E-state index contributed by atoms with van der Waals surface area (Å²) in [5.41, 5.74) is 0.558. The van der Waals surface area contributed by atoms with Crippen molar-refractivity contribution in [3.8, 4) is 5.88 Å². The second-order valence-electron chi connectivity index (χ2n) is 3.00. The first-order valence-corrected chi connectivity index (χ1v) is 4.81. The van der Waals surface area contributed by atoms with E-state index in [2.05, 4.69) is 10.3 Å². The molecule has 0 spiro atoms. The maximum absolute atomic E-state index is 13.6. The molecule has 1 aromatic rings. The number of ether oxygens (including phenoxy) is 1. The lowest BCUT2D eigenvalue weighted by molar-refractivity contribution is 0.324. The molecule has 0 saturated heterocycles. The predicted octanol–water partition coefficient (Wildman–Crippen LogP) is 1.89. The quantitative estimate of drug-likeness (QED) is 0.754. The molecule has 0 aliphatic heterocycles. The Balaban J connectivity index is 2.74. The van der Waals surface area contributed by atoms with E-state index in [1.807, 2.05) is 13.0 Å². The number of hydrogen-bond donors (Lipinski definition) is 1. The molecule has 0 fully saturated rings. The number of allylic oxidation sites excluding steroid dienone is 1. The second kappa shape index (κ2) is 6.14. The van der Waals surface area contributed by atoms with Gasteiger partial charge < -0.3 is 10.1 Å². The smallest absolute Gasteiger partial charge is 0.251 e. The van der Waals surface area contributed by atoms with Crippen LogP contribution in [-0.2, 0) is 6.54 Å². The Hall–Kier alpha value is -1.42. The van der Waals surface area contributed by atoms with Gasteiger partial charge in [0.25, 0.3) is 5.88 Å². The zero-order valence-electron chi connectivity index (χ0n) is 8.96. The Labute approximate surface area is 89.0 Å². The summed E-state index contributed by atoms with van der Waals surface area (Å²) in [5.74, 6) is -0.336. The largest absolute Gasteiger partial charge is 0.471 e. The second-order valence-corrected chi connectivity index (χ2v) is 3.00. The van der Waals surface area contributed by atoms with Gasteiger partial charge >= 0.3 is 0 Å². The maximum Gasteiger partial charge on any atom is 0.251 e. The summed E-state index contributed by atoms with van der Waals surface area (Å²) in [6.07, 6.45) is 5.18. The van der Waals surface area contributed by atoms with Crippen molar-refractivity contribution in [2.75, 3.05) is 13.7 Å². The van der Waals surface area contributed by atoms with Crippen LogP contribution in [0.3, 0.4) is 0 Å². The lowest BCUT2D eigenvalue weighted by Gasteiger charge is -2.06. The molecule has 0 radical (unpaired) electrons. The van der Waals surface area contributed by atoms with Crippen molar-refractivity contribution in [1.82, 2.24) is 10.3 Å². The fraction of sp³-hybridized carbons (Fsp3) is 0.364. The monoisotopic (exact) mass is 210 g/mol. The third-order valence-corrected chi connectivity index (χ3v) is 1.86. The van der Waals surface area contributed by atoms with Crippen molar-refractivity contribution in [3.63, 3.8) is 0 Å².